The molecule has 3 aliphatic rings. The standard InChI is InChI=1S/C19H27IN.HI/c1-19(2)16-10-9-14(17(19)11-16)12-21(3,4)13-15-7-5-6-8-18(15)20;/h5-9,16-17H,10-13H2,1-4H3;1H/q+1;/p-1/t16-,17-;/m0./s1. The second-order valence-corrected chi connectivity index (χ2v) is 9.33. The van der Waals surface area contributed by atoms with E-state index in [1.807, 2.05) is 0 Å². The molecule has 0 aliphatic heterocycles. The molecule has 122 valence electrons. The summed E-state index contributed by atoms with van der Waals surface area (Å²) in [7, 11) is 4.75. The first-order valence-corrected chi connectivity index (χ1v) is 9.12. The van der Waals surface area contributed by atoms with Crippen molar-refractivity contribution in [1.82, 2.24) is 0 Å². The number of allylic oxidation sites excluding steroid dienone is 1. The lowest BCUT2D eigenvalue weighted by atomic mass is 9.49. The topological polar surface area (TPSA) is 0 Å². The highest BCUT2D eigenvalue weighted by Gasteiger charge is 2.52. The number of hydrogen-bond acceptors (Lipinski definition) is 0. The Morgan fingerprint density at radius 1 is 1.18 bits per heavy atom. The van der Waals surface area contributed by atoms with Gasteiger partial charge in [-0.1, -0.05) is 38.1 Å². The molecular weight excluding hydrogens is 496 g/mol. The minimum atomic E-state index is 0. The number of benzene rings is 1. The van der Waals surface area contributed by atoms with Crippen LogP contribution in [-0.2, 0) is 6.54 Å². The lowest BCUT2D eigenvalue weighted by Crippen LogP contribution is -3.00. The number of quaternary nitrogens is 1. The predicted octanol–water partition coefficient (Wildman–Crippen LogP) is 1.86. The van der Waals surface area contributed by atoms with Crippen LogP contribution in [0.5, 0.6) is 0 Å². The minimum Gasteiger partial charge on any atom is -1.00 e. The van der Waals surface area contributed by atoms with E-state index in [-0.39, 0.29) is 24.0 Å². The molecule has 3 aliphatic carbocycles. The Kier molecular flexibility index (Phi) is 5.71. The van der Waals surface area contributed by atoms with Crippen LogP contribution in [0, 0.1) is 20.8 Å². The third-order valence-electron chi connectivity index (χ3n) is 5.75. The zero-order chi connectivity index (χ0) is 15.3. The van der Waals surface area contributed by atoms with E-state index in [2.05, 4.69) is 80.9 Å². The third kappa shape index (κ3) is 3.56. The van der Waals surface area contributed by atoms with Gasteiger partial charge in [0.2, 0.25) is 0 Å². The summed E-state index contributed by atoms with van der Waals surface area (Å²) in [6.45, 7) is 7.26. The summed E-state index contributed by atoms with van der Waals surface area (Å²) < 4.78 is 2.45. The van der Waals surface area contributed by atoms with Crippen LogP contribution in [0.3, 0.4) is 0 Å². The number of hydrogen-bond donors (Lipinski definition) is 0. The molecule has 0 amide bonds. The first-order chi connectivity index (χ1) is 9.79. The molecule has 0 radical (unpaired) electrons. The van der Waals surface area contributed by atoms with Crippen molar-refractivity contribution in [3.8, 4) is 0 Å². The van der Waals surface area contributed by atoms with E-state index in [1.165, 1.54) is 28.5 Å². The average Bonchev–Trinajstić information content (AvgIpc) is 2.40. The number of likely N-dealkylation sites (N-methyl/N-ethyl adjacent to an activating group) is 1. The number of fused-ring (bicyclic) bond motifs is 1. The Hall–Kier alpha value is 0.380. The molecule has 1 saturated carbocycles. The number of halogens is 2. The maximum Gasteiger partial charge on any atom is 0.105 e. The fourth-order valence-corrected chi connectivity index (χ4v) is 4.85. The van der Waals surface area contributed by atoms with Crippen LogP contribution >= 0.6 is 22.6 Å². The molecule has 1 aromatic rings. The van der Waals surface area contributed by atoms with Crippen molar-refractivity contribution in [2.45, 2.75) is 33.2 Å². The summed E-state index contributed by atoms with van der Waals surface area (Å²) in [6, 6.07) is 8.79. The molecule has 3 heteroatoms. The molecule has 0 N–H and O–H groups in total. The lowest BCUT2D eigenvalue weighted by molar-refractivity contribution is -0.899. The van der Waals surface area contributed by atoms with Crippen LogP contribution in [0.2, 0.25) is 0 Å². The summed E-state index contributed by atoms with van der Waals surface area (Å²) in [4.78, 5) is 0. The van der Waals surface area contributed by atoms with Crippen molar-refractivity contribution in [3.05, 3.63) is 45.0 Å². The highest BCUT2D eigenvalue weighted by atomic mass is 127. The SMILES string of the molecule is CC1(C)[C@H]2CC=C(C[N+](C)(C)Cc3ccccc3I)[C@@H]1C2.[I-]. The van der Waals surface area contributed by atoms with Crippen molar-refractivity contribution in [1.29, 1.82) is 0 Å². The largest absolute Gasteiger partial charge is 1.00 e. The van der Waals surface area contributed by atoms with Crippen LogP contribution in [0.25, 0.3) is 0 Å². The highest BCUT2D eigenvalue weighted by molar-refractivity contribution is 14.1. The van der Waals surface area contributed by atoms with Gasteiger partial charge in [-0.25, -0.2) is 0 Å². The normalized spacial score (nSPS) is 25.8. The smallest absolute Gasteiger partial charge is 0.105 e. The Morgan fingerprint density at radius 3 is 2.45 bits per heavy atom. The molecule has 4 rings (SSSR count). The molecule has 0 aromatic heterocycles. The quantitative estimate of drug-likeness (QED) is 0.322. The monoisotopic (exact) mass is 523 g/mol. The van der Waals surface area contributed by atoms with Gasteiger partial charge in [0.1, 0.15) is 13.1 Å². The Labute approximate surface area is 166 Å². The number of nitrogens with zero attached hydrogens (tertiary/aromatic N) is 1. The molecule has 1 fully saturated rings. The Balaban J connectivity index is 0.00000176. The first kappa shape index (κ1) is 18.7. The molecule has 22 heavy (non-hydrogen) atoms. The van der Waals surface area contributed by atoms with E-state index in [9.17, 15) is 0 Å². The lowest BCUT2D eigenvalue weighted by Gasteiger charge is -2.57. The van der Waals surface area contributed by atoms with Gasteiger partial charge in [0, 0.05) is 9.13 Å². The van der Waals surface area contributed by atoms with Gasteiger partial charge < -0.3 is 28.5 Å². The van der Waals surface area contributed by atoms with Crippen LogP contribution in [-0.4, -0.2) is 25.1 Å². The third-order valence-corrected chi connectivity index (χ3v) is 6.80. The second kappa shape index (κ2) is 6.71. The van der Waals surface area contributed by atoms with Gasteiger partial charge in [-0.15, -0.1) is 0 Å². The zero-order valence-corrected chi connectivity index (χ0v) is 18.4. The van der Waals surface area contributed by atoms with Crippen LogP contribution in [0.15, 0.2) is 35.9 Å². The predicted molar refractivity (Wildman–Crippen MR) is 97.9 cm³/mol. The van der Waals surface area contributed by atoms with E-state index in [0.717, 1.165) is 22.9 Å². The molecule has 0 heterocycles. The summed E-state index contributed by atoms with van der Waals surface area (Å²) >= 11 is 2.46. The highest BCUT2D eigenvalue weighted by Crippen LogP contribution is 2.59. The fourth-order valence-electron chi connectivity index (χ4n) is 4.29. The van der Waals surface area contributed by atoms with Crippen molar-refractivity contribution in [3.63, 3.8) is 0 Å². The van der Waals surface area contributed by atoms with Gasteiger partial charge in [-0.05, 0) is 64.3 Å². The van der Waals surface area contributed by atoms with E-state index < -0.39 is 0 Å². The van der Waals surface area contributed by atoms with Gasteiger partial charge in [-0.2, -0.15) is 0 Å². The molecular formula is C19H27I2N. The second-order valence-electron chi connectivity index (χ2n) is 8.16. The van der Waals surface area contributed by atoms with Gasteiger partial charge in [0.25, 0.3) is 0 Å². The van der Waals surface area contributed by atoms with Gasteiger partial charge in [0.05, 0.1) is 14.1 Å². The molecule has 1 nitrogen and oxygen atoms in total. The summed E-state index contributed by atoms with van der Waals surface area (Å²) in [5, 5.41) is 0. The Morgan fingerprint density at radius 2 is 1.86 bits per heavy atom. The first-order valence-electron chi connectivity index (χ1n) is 8.04. The molecule has 0 spiro atoms. The maximum atomic E-state index is 2.56. The van der Waals surface area contributed by atoms with Gasteiger partial charge in [-0.3, -0.25) is 0 Å². The van der Waals surface area contributed by atoms with Crippen LogP contribution < -0.4 is 24.0 Å². The molecule has 0 unspecified atom stereocenters. The average molecular weight is 523 g/mol. The van der Waals surface area contributed by atoms with Crippen molar-refractivity contribution < 1.29 is 28.5 Å². The zero-order valence-electron chi connectivity index (χ0n) is 14.1. The molecule has 1 aromatic carbocycles. The van der Waals surface area contributed by atoms with Crippen LogP contribution in [0.4, 0.5) is 0 Å². The summed E-state index contributed by atoms with van der Waals surface area (Å²) in [5.74, 6) is 1.78. The minimum absolute atomic E-state index is 0. The van der Waals surface area contributed by atoms with Gasteiger partial charge in [0.15, 0.2) is 0 Å². The van der Waals surface area contributed by atoms with Crippen molar-refractivity contribution in [2.75, 3.05) is 20.6 Å². The fraction of sp³-hybridized carbons (Fsp3) is 0.579. The molecule has 2 atom stereocenters. The van der Waals surface area contributed by atoms with Crippen molar-refractivity contribution >= 4 is 22.6 Å². The van der Waals surface area contributed by atoms with Crippen molar-refractivity contribution in [2.24, 2.45) is 17.3 Å². The summed E-state index contributed by atoms with van der Waals surface area (Å²) in [6.07, 6.45) is 5.30. The number of rotatable bonds is 4. The van der Waals surface area contributed by atoms with E-state index >= 15 is 0 Å². The van der Waals surface area contributed by atoms with E-state index in [0.29, 0.717) is 5.41 Å². The van der Waals surface area contributed by atoms with Gasteiger partial charge >= 0.3 is 0 Å². The molecule has 2 bridgehead atoms. The van der Waals surface area contributed by atoms with Crippen LogP contribution in [0.1, 0.15) is 32.3 Å². The maximum absolute atomic E-state index is 2.56. The summed E-state index contributed by atoms with van der Waals surface area (Å²) in [5.41, 5.74) is 3.74. The van der Waals surface area contributed by atoms with E-state index in [1.54, 1.807) is 5.57 Å². The molecule has 0 saturated heterocycles. The van der Waals surface area contributed by atoms with E-state index in [4.69, 9.17) is 0 Å². The Bertz CT molecular complexity index is 575.